The third-order valence-electron chi connectivity index (χ3n) is 2.27. The van der Waals surface area contributed by atoms with Crippen LogP contribution >= 0.6 is 0 Å². The van der Waals surface area contributed by atoms with E-state index in [1.807, 2.05) is 6.92 Å². The summed E-state index contributed by atoms with van der Waals surface area (Å²) >= 11 is 0. The Morgan fingerprint density at radius 2 is 2.14 bits per heavy atom. The van der Waals surface area contributed by atoms with E-state index in [9.17, 15) is 0 Å². The van der Waals surface area contributed by atoms with Crippen molar-refractivity contribution in [1.29, 1.82) is 0 Å². The molecular weight excluding hydrogens is 174 g/mol. The molecule has 14 heavy (non-hydrogen) atoms. The van der Waals surface area contributed by atoms with Crippen LogP contribution in [0.2, 0.25) is 0 Å². The molecule has 0 amide bonds. The van der Waals surface area contributed by atoms with E-state index in [4.69, 9.17) is 5.11 Å². The normalized spacial score (nSPS) is 11.9. The molecule has 2 heteroatoms. The van der Waals surface area contributed by atoms with E-state index < -0.39 is 0 Å². The van der Waals surface area contributed by atoms with Gasteiger partial charge in [-0.1, -0.05) is 13.3 Å². The largest absolute Gasteiger partial charge is 0.396 e. The second kappa shape index (κ2) is 10.6. The van der Waals surface area contributed by atoms with Gasteiger partial charge in [0.2, 0.25) is 0 Å². The molecule has 1 atom stereocenters. The van der Waals surface area contributed by atoms with Crippen LogP contribution in [-0.4, -0.2) is 24.8 Å². The van der Waals surface area contributed by atoms with E-state index in [2.05, 4.69) is 24.1 Å². The highest BCUT2D eigenvalue weighted by Crippen LogP contribution is 2.08. The van der Waals surface area contributed by atoms with Crippen LogP contribution in [0, 0.1) is 17.8 Å². The summed E-state index contributed by atoms with van der Waals surface area (Å²) in [5, 5.41) is 12.2. The van der Waals surface area contributed by atoms with Crippen molar-refractivity contribution in [2.75, 3.05) is 19.7 Å². The lowest BCUT2D eigenvalue weighted by Crippen LogP contribution is -2.24. The minimum Gasteiger partial charge on any atom is -0.396 e. The molecule has 0 aliphatic carbocycles. The van der Waals surface area contributed by atoms with Crippen LogP contribution < -0.4 is 5.32 Å². The summed E-state index contributed by atoms with van der Waals surface area (Å²) in [6.45, 7) is 6.34. The number of hydrogen-bond donors (Lipinski definition) is 2. The fraction of sp³-hybridized carbons (Fsp3) is 0.833. The van der Waals surface area contributed by atoms with Gasteiger partial charge >= 0.3 is 0 Å². The lowest BCUT2D eigenvalue weighted by molar-refractivity contribution is 0.248. The van der Waals surface area contributed by atoms with E-state index in [1.54, 1.807) is 0 Å². The van der Waals surface area contributed by atoms with E-state index in [0.29, 0.717) is 12.5 Å². The molecule has 0 radical (unpaired) electrons. The highest BCUT2D eigenvalue weighted by Gasteiger charge is 2.05. The molecule has 0 spiro atoms. The van der Waals surface area contributed by atoms with Crippen molar-refractivity contribution < 1.29 is 5.11 Å². The van der Waals surface area contributed by atoms with Crippen LogP contribution in [0.25, 0.3) is 0 Å². The lowest BCUT2D eigenvalue weighted by Gasteiger charge is -2.14. The van der Waals surface area contributed by atoms with Crippen LogP contribution in [0.5, 0.6) is 0 Å². The van der Waals surface area contributed by atoms with Crippen molar-refractivity contribution in [2.45, 2.75) is 39.5 Å². The lowest BCUT2D eigenvalue weighted by atomic mass is 10.0. The number of rotatable bonds is 8. The fourth-order valence-electron chi connectivity index (χ4n) is 1.52. The van der Waals surface area contributed by atoms with Gasteiger partial charge in [-0.25, -0.2) is 0 Å². The summed E-state index contributed by atoms with van der Waals surface area (Å²) < 4.78 is 0. The zero-order chi connectivity index (χ0) is 10.6. The van der Waals surface area contributed by atoms with Gasteiger partial charge in [0, 0.05) is 19.6 Å². The smallest absolute Gasteiger partial charge is 0.0434 e. The van der Waals surface area contributed by atoms with Gasteiger partial charge in [0.05, 0.1) is 0 Å². The first-order chi connectivity index (χ1) is 6.85. The van der Waals surface area contributed by atoms with Crippen LogP contribution in [0.4, 0.5) is 0 Å². The van der Waals surface area contributed by atoms with Crippen LogP contribution in [-0.2, 0) is 0 Å². The third-order valence-corrected chi connectivity index (χ3v) is 2.27. The molecule has 0 aromatic heterocycles. The van der Waals surface area contributed by atoms with E-state index in [0.717, 1.165) is 25.9 Å². The summed E-state index contributed by atoms with van der Waals surface area (Å²) in [7, 11) is 0. The molecule has 0 rings (SSSR count). The van der Waals surface area contributed by atoms with Gasteiger partial charge in [-0.3, -0.25) is 0 Å². The monoisotopic (exact) mass is 197 g/mol. The fourth-order valence-corrected chi connectivity index (χ4v) is 1.52. The number of hydrogen-bond acceptors (Lipinski definition) is 2. The van der Waals surface area contributed by atoms with Crippen molar-refractivity contribution in [3.63, 3.8) is 0 Å². The molecule has 2 N–H and O–H groups in total. The first-order valence-electron chi connectivity index (χ1n) is 5.56. The van der Waals surface area contributed by atoms with Crippen LogP contribution in [0.3, 0.4) is 0 Å². The SMILES string of the molecule is CC#CCCNCC(CCC)CCO. The van der Waals surface area contributed by atoms with Crippen molar-refractivity contribution in [1.82, 2.24) is 5.32 Å². The second-order valence-corrected chi connectivity index (χ2v) is 3.55. The molecule has 0 saturated carbocycles. The maximum absolute atomic E-state index is 8.85. The minimum atomic E-state index is 0.307. The predicted octanol–water partition coefficient (Wildman–Crippen LogP) is 1.79. The molecule has 0 bridgehead atoms. The Hall–Kier alpha value is -0.520. The molecule has 0 aliphatic rings. The van der Waals surface area contributed by atoms with Crippen molar-refractivity contribution >= 4 is 0 Å². The average molecular weight is 197 g/mol. The van der Waals surface area contributed by atoms with E-state index >= 15 is 0 Å². The van der Waals surface area contributed by atoms with Gasteiger partial charge in [0.15, 0.2) is 0 Å². The molecule has 0 aromatic rings. The highest BCUT2D eigenvalue weighted by molar-refractivity contribution is 4.95. The first kappa shape index (κ1) is 13.5. The zero-order valence-corrected chi connectivity index (χ0v) is 9.47. The van der Waals surface area contributed by atoms with Gasteiger partial charge in [0.1, 0.15) is 0 Å². The molecule has 0 aliphatic heterocycles. The average Bonchev–Trinajstić information content (AvgIpc) is 2.18. The molecule has 0 aromatic carbocycles. The maximum atomic E-state index is 8.85. The first-order valence-corrected chi connectivity index (χ1v) is 5.56. The van der Waals surface area contributed by atoms with Crippen LogP contribution in [0.15, 0.2) is 0 Å². The van der Waals surface area contributed by atoms with Crippen molar-refractivity contribution in [3.8, 4) is 11.8 Å². The Labute approximate surface area is 88.1 Å². The van der Waals surface area contributed by atoms with Gasteiger partial charge in [-0.15, -0.1) is 11.8 Å². The molecular formula is C12H23NO. The molecule has 82 valence electrons. The number of aliphatic hydroxyl groups excluding tert-OH is 1. The number of aliphatic hydroxyl groups is 1. The second-order valence-electron chi connectivity index (χ2n) is 3.55. The molecule has 0 fully saturated rings. The van der Waals surface area contributed by atoms with Gasteiger partial charge in [-0.05, 0) is 32.2 Å². The van der Waals surface area contributed by atoms with Gasteiger partial charge in [-0.2, -0.15) is 0 Å². The van der Waals surface area contributed by atoms with Crippen molar-refractivity contribution in [3.05, 3.63) is 0 Å². The van der Waals surface area contributed by atoms with E-state index in [-0.39, 0.29) is 0 Å². The molecule has 0 heterocycles. The Balaban J connectivity index is 3.42. The standard InChI is InChI=1S/C12H23NO/c1-3-5-6-9-13-11-12(7-4-2)8-10-14/h12-14H,4,6-11H2,1-2H3. The number of nitrogens with one attached hydrogen (secondary N) is 1. The predicted molar refractivity (Wildman–Crippen MR) is 61.0 cm³/mol. The Morgan fingerprint density at radius 1 is 1.36 bits per heavy atom. The quantitative estimate of drug-likeness (QED) is 0.459. The topological polar surface area (TPSA) is 32.3 Å². The zero-order valence-electron chi connectivity index (χ0n) is 9.47. The Morgan fingerprint density at radius 3 is 2.71 bits per heavy atom. The Bertz CT molecular complexity index is 163. The van der Waals surface area contributed by atoms with Crippen LogP contribution in [0.1, 0.15) is 39.5 Å². The summed E-state index contributed by atoms with van der Waals surface area (Å²) in [5.41, 5.74) is 0. The van der Waals surface area contributed by atoms with Crippen molar-refractivity contribution in [2.24, 2.45) is 5.92 Å². The van der Waals surface area contributed by atoms with E-state index in [1.165, 1.54) is 12.8 Å². The molecule has 0 saturated heterocycles. The third kappa shape index (κ3) is 8.10. The molecule has 1 unspecified atom stereocenters. The maximum Gasteiger partial charge on any atom is 0.0434 e. The van der Waals surface area contributed by atoms with Gasteiger partial charge in [0.25, 0.3) is 0 Å². The Kier molecular flexibility index (Phi) is 10.2. The summed E-state index contributed by atoms with van der Waals surface area (Å²) in [6.07, 6.45) is 4.24. The summed E-state index contributed by atoms with van der Waals surface area (Å²) in [5.74, 6) is 6.52. The van der Waals surface area contributed by atoms with Gasteiger partial charge < -0.3 is 10.4 Å². The summed E-state index contributed by atoms with van der Waals surface area (Å²) in [6, 6.07) is 0. The highest BCUT2D eigenvalue weighted by atomic mass is 16.3. The summed E-state index contributed by atoms with van der Waals surface area (Å²) in [4.78, 5) is 0. The minimum absolute atomic E-state index is 0.307. The molecule has 2 nitrogen and oxygen atoms in total.